The fraction of sp³-hybridized carbons (Fsp3) is 0.484. The third kappa shape index (κ3) is 10.1. The first kappa shape index (κ1) is 31.4. The molecule has 1 N–H and O–H groups in total. The molecule has 2 aromatic rings. The Balaban J connectivity index is 1.73. The van der Waals surface area contributed by atoms with Gasteiger partial charge in [0, 0.05) is 19.5 Å². The molecule has 2 atom stereocenters. The molecule has 222 valence electrons. The average molecular weight is 568 g/mol. The zero-order chi connectivity index (χ0) is 30.0. The topological polar surface area (TPSA) is 114 Å². The molecular weight excluding hydrogens is 526 g/mol. The summed E-state index contributed by atoms with van der Waals surface area (Å²) in [5.41, 5.74) is 0.854. The van der Waals surface area contributed by atoms with E-state index in [9.17, 15) is 19.2 Å². The van der Waals surface area contributed by atoms with E-state index in [2.05, 4.69) is 5.32 Å². The van der Waals surface area contributed by atoms with Gasteiger partial charge in [-0.05, 0) is 50.7 Å². The number of nitrogens with one attached hydrogen (secondary N) is 1. The zero-order valence-electron chi connectivity index (χ0n) is 24.5. The second-order valence-electron chi connectivity index (χ2n) is 11.4. The van der Waals surface area contributed by atoms with Crippen molar-refractivity contribution in [3.8, 4) is 0 Å². The zero-order valence-corrected chi connectivity index (χ0v) is 24.5. The average Bonchev–Trinajstić information content (AvgIpc) is 3.40. The van der Waals surface area contributed by atoms with Crippen LogP contribution in [0.4, 0.5) is 9.59 Å². The molecule has 0 aromatic heterocycles. The van der Waals surface area contributed by atoms with Crippen LogP contribution in [0, 0.1) is 5.92 Å². The first-order chi connectivity index (χ1) is 19.4. The lowest BCUT2D eigenvalue weighted by Crippen LogP contribution is -2.55. The number of carbonyl (C=O) groups excluding carboxylic acids is 4. The van der Waals surface area contributed by atoms with Crippen molar-refractivity contribution >= 4 is 24.1 Å². The van der Waals surface area contributed by atoms with Gasteiger partial charge in [0.15, 0.2) is 0 Å². The SMILES string of the molecule is CC(C)C[C@H](NC(=O)OC(C)(C)C)C(=O)N1CCCN1C(=O)OC(Cc1ccccc1)C(=O)OCc1ccccc1. The monoisotopic (exact) mass is 567 g/mol. The number of esters is 1. The lowest BCUT2D eigenvalue weighted by atomic mass is 10.0. The molecule has 1 aliphatic rings. The van der Waals surface area contributed by atoms with Gasteiger partial charge in [-0.3, -0.25) is 4.79 Å². The van der Waals surface area contributed by atoms with E-state index in [0.29, 0.717) is 12.8 Å². The van der Waals surface area contributed by atoms with E-state index in [-0.39, 0.29) is 32.0 Å². The molecule has 1 aliphatic heterocycles. The minimum Gasteiger partial charge on any atom is -0.458 e. The van der Waals surface area contributed by atoms with Crippen LogP contribution in [0.5, 0.6) is 0 Å². The van der Waals surface area contributed by atoms with Gasteiger partial charge in [0.1, 0.15) is 18.2 Å². The van der Waals surface area contributed by atoms with Gasteiger partial charge in [-0.15, -0.1) is 0 Å². The Hall–Kier alpha value is -4.08. The Morgan fingerprint density at radius 1 is 0.878 bits per heavy atom. The first-order valence-corrected chi connectivity index (χ1v) is 14.0. The molecule has 3 amide bonds. The third-order valence-electron chi connectivity index (χ3n) is 6.19. The fourth-order valence-corrected chi connectivity index (χ4v) is 4.36. The molecule has 1 saturated heterocycles. The number of ether oxygens (including phenoxy) is 3. The summed E-state index contributed by atoms with van der Waals surface area (Å²) in [5.74, 6) is -1.06. The minimum atomic E-state index is -1.22. The van der Waals surface area contributed by atoms with E-state index in [1.807, 2.05) is 74.5 Å². The maximum atomic E-state index is 13.6. The number of amides is 3. The molecule has 10 heteroatoms. The summed E-state index contributed by atoms with van der Waals surface area (Å²) < 4.78 is 16.5. The van der Waals surface area contributed by atoms with E-state index in [4.69, 9.17) is 14.2 Å². The maximum absolute atomic E-state index is 13.6. The number of nitrogens with zero attached hydrogens (tertiary/aromatic N) is 2. The van der Waals surface area contributed by atoms with E-state index >= 15 is 0 Å². The Morgan fingerprint density at radius 2 is 1.46 bits per heavy atom. The first-order valence-electron chi connectivity index (χ1n) is 14.0. The van der Waals surface area contributed by atoms with Crippen LogP contribution in [0.1, 0.15) is 58.6 Å². The van der Waals surface area contributed by atoms with Crippen LogP contribution < -0.4 is 5.32 Å². The van der Waals surface area contributed by atoms with Gasteiger partial charge in [-0.25, -0.2) is 24.4 Å². The van der Waals surface area contributed by atoms with Gasteiger partial charge in [-0.2, -0.15) is 0 Å². The lowest BCUT2D eigenvalue weighted by Gasteiger charge is -2.32. The highest BCUT2D eigenvalue weighted by molar-refractivity contribution is 5.88. The summed E-state index contributed by atoms with van der Waals surface area (Å²) in [6, 6.07) is 17.5. The molecule has 1 unspecified atom stereocenters. The molecule has 0 radical (unpaired) electrons. The highest BCUT2D eigenvalue weighted by Crippen LogP contribution is 2.19. The van der Waals surface area contributed by atoms with Crippen LogP contribution in [0.3, 0.4) is 0 Å². The second kappa shape index (κ2) is 14.5. The number of alkyl carbamates (subject to hydrolysis) is 1. The minimum absolute atomic E-state index is 0.0318. The number of carbonyl (C=O) groups is 4. The molecule has 0 saturated carbocycles. The molecule has 0 bridgehead atoms. The standard InChI is InChI=1S/C31H41N3O7/c1-22(2)19-25(32-29(37)41-31(3,4)5)27(35)33-17-12-18-34(33)30(38)40-26(20-23-13-8-6-9-14-23)28(36)39-21-24-15-10-7-11-16-24/h6-11,13-16,22,25-26H,12,17-21H2,1-5H3,(H,32,37)/t25-,26?/m0/s1. The third-order valence-corrected chi connectivity index (χ3v) is 6.19. The van der Waals surface area contributed by atoms with Gasteiger partial charge in [-0.1, -0.05) is 74.5 Å². The van der Waals surface area contributed by atoms with Crippen LogP contribution in [0.15, 0.2) is 60.7 Å². The molecule has 41 heavy (non-hydrogen) atoms. The Morgan fingerprint density at radius 3 is 2.05 bits per heavy atom. The van der Waals surface area contributed by atoms with Crippen molar-refractivity contribution < 1.29 is 33.4 Å². The Labute approximate surface area is 241 Å². The van der Waals surface area contributed by atoms with Gasteiger partial charge < -0.3 is 19.5 Å². The van der Waals surface area contributed by atoms with Crippen LogP contribution in [0.2, 0.25) is 0 Å². The number of hydrogen-bond donors (Lipinski definition) is 1. The lowest BCUT2D eigenvalue weighted by molar-refractivity contribution is -0.157. The summed E-state index contributed by atoms with van der Waals surface area (Å²) in [7, 11) is 0. The van der Waals surface area contributed by atoms with E-state index < -0.39 is 41.8 Å². The van der Waals surface area contributed by atoms with Gasteiger partial charge in [0.25, 0.3) is 5.91 Å². The van der Waals surface area contributed by atoms with Crippen molar-refractivity contribution in [3.05, 3.63) is 71.8 Å². The molecule has 3 rings (SSSR count). The summed E-state index contributed by atoms with van der Waals surface area (Å²) in [6.07, 6.45) is -1.80. The smallest absolute Gasteiger partial charge is 0.429 e. The summed E-state index contributed by atoms with van der Waals surface area (Å²) in [4.78, 5) is 52.5. The molecule has 2 aromatic carbocycles. The van der Waals surface area contributed by atoms with E-state index in [1.165, 1.54) is 10.0 Å². The number of benzene rings is 2. The van der Waals surface area contributed by atoms with Crippen molar-refractivity contribution in [2.75, 3.05) is 13.1 Å². The van der Waals surface area contributed by atoms with Crippen LogP contribution in [-0.2, 0) is 36.8 Å². The molecular formula is C31H41N3O7. The van der Waals surface area contributed by atoms with Gasteiger partial charge in [0.05, 0.1) is 0 Å². The molecule has 1 heterocycles. The van der Waals surface area contributed by atoms with E-state index in [0.717, 1.165) is 11.1 Å². The number of hydrazine groups is 1. The summed E-state index contributed by atoms with van der Waals surface area (Å²) in [6.45, 7) is 9.60. The Bertz CT molecular complexity index is 1170. The second-order valence-corrected chi connectivity index (χ2v) is 11.4. The molecule has 0 spiro atoms. The highest BCUT2D eigenvalue weighted by Gasteiger charge is 2.38. The Kier molecular flexibility index (Phi) is 11.1. The van der Waals surface area contributed by atoms with Crippen molar-refractivity contribution in [1.29, 1.82) is 0 Å². The molecule has 10 nitrogen and oxygen atoms in total. The van der Waals surface area contributed by atoms with E-state index in [1.54, 1.807) is 20.8 Å². The fourth-order valence-electron chi connectivity index (χ4n) is 4.36. The number of rotatable bonds is 10. The van der Waals surface area contributed by atoms with Gasteiger partial charge >= 0.3 is 18.2 Å². The van der Waals surface area contributed by atoms with Crippen molar-refractivity contribution in [2.24, 2.45) is 5.92 Å². The van der Waals surface area contributed by atoms with Crippen LogP contribution in [0.25, 0.3) is 0 Å². The predicted octanol–water partition coefficient (Wildman–Crippen LogP) is 4.87. The van der Waals surface area contributed by atoms with Crippen molar-refractivity contribution in [1.82, 2.24) is 15.3 Å². The maximum Gasteiger partial charge on any atom is 0.429 e. The van der Waals surface area contributed by atoms with Crippen molar-refractivity contribution in [3.63, 3.8) is 0 Å². The quantitative estimate of drug-likeness (QED) is 0.322. The predicted molar refractivity (Wildman–Crippen MR) is 152 cm³/mol. The van der Waals surface area contributed by atoms with Crippen LogP contribution in [-0.4, -0.2) is 64.9 Å². The number of hydrogen-bond acceptors (Lipinski definition) is 7. The van der Waals surface area contributed by atoms with Crippen molar-refractivity contribution in [2.45, 2.75) is 78.2 Å². The van der Waals surface area contributed by atoms with Crippen LogP contribution >= 0.6 is 0 Å². The highest BCUT2D eigenvalue weighted by atomic mass is 16.6. The normalized spacial score (nSPS) is 14.8. The molecule has 1 fully saturated rings. The summed E-state index contributed by atoms with van der Waals surface area (Å²) >= 11 is 0. The summed E-state index contributed by atoms with van der Waals surface area (Å²) in [5, 5.41) is 5.13. The largest absolute Gasteiger partial charge is 0.458 e. The molecule has 0 aliphatic carbocycles. The van der Waals surface area contributed by atoms with Gasteiger partial charge in [0.2, 0.25) is 6.10 Å².